The van der Waals surface area contributed by atoms with Gasteiger partial charge in [-0.05, 0) is 12.3 Å². The summed E-state index contributed by atoms with van der Waals surface area (Å²) in [6, 6.07) is 0.0981. The Hall–Kier alpha value is -1.36. The van der Waals surface area contributed by atoms with Gasteiger partial charge in [-0.2, -0.15) is 0 Å². The van der Waals surface area contributed by atoms with E-state index in [1.807, 2.05) is 0 Å². The molecule has 0 aliphatic carbocycles. The molecule has 1 aromatic rings. The summed E-state index contributed by atoms with van der Waals surface area (Å²) in [6.07, 6.45) is 3.98. The standard InChI is InChI=1S/C10H18N4O/c1-7(2)5-8(6-11)14-9-10(15)13-4-3-12-9/h3-4,7-8H,5-6,11H2,1-2H3,(H,12,14)(H,13,15). The molecule has 0 fully saturated rings. The van der Waals surface area contributed by atoms with Crippen LogP contribution in [-0.2, 0) is 0 Å². The summed E-state index contributed by atoms with van der Waals surface area (Å²) in [5.74, 6) is 0.877. The number of anilines is 1. The highest BCUT2D eigenvalue weighted by Gasteiger charge is 2.10. The molecule has 0 aromatic carbocycles. The van der Waals surface area contributed by atoms with Gasteiger partial charge >= 0.3 is 0 Å². The number of hydrogen-bond donors (Lipinski definition) is 3. The van der Waals surface area contributed by atoms with Crippen LogP contribution in [0, 0.1) is 5.92 Å². The molecule has 5 nitrogen and oxygen atoms in total. The molecule has 1 rings (SSSR count). The molecule has 15 heavy (non-hydrogen) atoms. The molecular formula is C10H18N4O. The van der Waals surface area contributed by atoms with Crippen molar-refractivity contribution in [1.82, 2.24) is 9.97 Å². The summed E-state index contributed by atoms with van der Waals surface area (Å²) in [7, 11) is 0. The Kier molecular flexibility index (Phi) is 4.30. The Balaban J connectivity index is 2.67. The minimum atomic E-state index is -0.209. The number of H-pyrrole nitrogens is 1. The second-order valence-corrected chi connectivity index (χ2v) is 3.97. The van der Waals surface area contributed by atoms with Gasteiger partial charge in [-0.15, -0.1) is 0 Å². The first-order valence-electron chi connectivity index (χ1n) is 5.13. The summed E-state index contributed by atoms with van der Waals surface area (Å²) in [6.45, 7) is 4.73. The maximum atomic E-state index is 11.3. The molecule has 84 valence electrons. The second kappa shape index (κ2) is 5.50. The molecule has 1 atom stereocenters. The fourth-order valence-corrected chi connectivity index (χ4v) is 1.43. The van der Waals surface area contributed by atoms with Crippen molar-refractivity contribution in [3.63, 3.8) is 0 Å². The number of hydrogen-bond acceptors (Lipinski definition) is 4. The van der Waals surface area contributed by atoms with Gasteiger partial charge < -0.3 is 16.0 Å². The Morgan fingerprint density at radius 2 is 2.33 bits per heavy atom. The number of rotatable bonds is 5. The van der Waals surface area contributed by atoms with Gasteiger partial charge in [0, 0.05) is 25.0 Å². The van der Waals surface area contributed by atoms with Gasteiger partial charge in [0.25, 0.3) is 5.56 Å². The third-order valence-corrected chi connectivity index (χ3v) is 2.09. The smallest absolute Gasteiger partial charge is 0.290 e. The number of aromatic nitrogens is 2. The maximum Gasteiger partial charge on any atom is 0.290 e. The van der Waals surface area contributed by atoms with Crippen LogP contribution in [0.2, 0.25) is 0 Å². The van der Waals surface area contributed by atoms with Crippen LogP contribution in [-0.4, -0.2) is 22.6 Å². The van der Waals surface area contributed by atoms with Gasteiger partial charge in [0.05, 0.1) is 0 Å². The fourth-order valence-electron chi connectivity index (χ4n) is 1.43. The average Bonchev–Trinajstić information content (AvgIpc) is 2.19. The maximum absolute atomic E-state index is 11.3. The van der Waals surface area contributed by atoms with E-state index in [-0.39, 0.29) is 11.6 Å². The summed E-state index contributed by atoms with van der Waals surface area (Å²) in [4.78, 5) is 17.9. The van der Waals surface area contributed by atoms with Crippen molar-refractivity contribution >= 4 is 5.82 Å². The zero-order valence-electron chi connectivity index (χ0n) is 9.16. The molecule has 0 saturated heterocycles. The van der Waals surface area contributed by atoms with Crippen molar-refractivity contribution in [2.24, 2.45) is 11.7 Å². The molecule has 1 unspecified atom stereocenters. The lowest BCUT2D eigenvalue weighted by Crippen LogP contribution is -2.33. The van der Waals surface area contributed by atoms with Crippen molar-refractivity contribution in [3.05, 3.63) is 22.7 Å². The number of nitrogens with one attached hydrogen (secondary N) is 2. The van der Waals surface area contributed by atoms with Gasteiger partial charge in [-0.3, -0.25) is 4.79 Å². The second-order valence-electron chi connectivity index (χ2n) is 3.97. The van der Waals surface area contributed by atoms with E-state index in [9.17, 15) is 4.79 Å². The number of aromatic amines is 1. The van der Waals surface area contributed by atoms with Crippen LogP contribution in [0.4, 0.5) is 5.82 Å². The summed E-state index contributed by atoms with van der Waals surface area (Å²) in [5.41, 5.74) is 5.41. The Morgan fingerprint density at radius 1 is 1.60 bits per heavy atom. The molecular weight excluding hydrogens is 192 g/mol. The minimum absolute atomic E-state index is 0.0981. The molecule has 0 saturated carbocycles. The minimum Gasteiger partial charge on any atom is -0.361 e. The molecule has 1 aromatic heterocycles. The van der Waals surface area contributed by atoms with Gasteiger partial charge in [0.15, 0.2) is 5.82 Å². The summed E-state index contributed by atoms with van der Waals surface area (Å²) >= 11 is 0. The average molecular weight is 210 g/mol. The zero-order chi connectivity index (χ0) is 11.3. The molecule has 0 spiro atoms. The lowest BCUT2D eigenvalue weighted by atomic mass is 10.0. The SMILES string of the molecule is CC(C)CC(CN)Nc1ncc[nH]c1=O. The summed E-state index contributed by atoms with van der Waals surface area (Å²) < 4.78 is 0. The Labute approximate surface area is 89.1 Å². The first-order chi connectivity index (χ1) is 7.13. The molecule has 0 aliphatic heterocycles. The van der Waals surface area contributed by atoms with E-state index in [0.717, 1.165) is 6.42 Å². The van der Waals surface area contributed by atoms with Crippen molar-refractivity contribution < 1.29 is 0 Å². The molecule has 5 heteroatoms. The molecule has 1 heterocycles. The van der Waals surface area contributed by atoms with Crippen LogP contribution in [0.5, 0.6) is 0 Å². The van der Waals surface area contributed by atoms with E-state index in [1.54, 1.807) is 6.20 Å². The van der Waals surface area contributed by atoms with Crippen LogP contribution >= 0.6 is 0 Å². The van der Waals surface area contributed by atoms with Crippen molar-refractivity contribution in [2.45, 2.75) is 26.3 Å². The molecule has 0 amide bonds. The summed E-state index contributed by atoms with van der Waals surface area (Å²) in [5, 5.41) is 3.05. The van der Waals surface area contributed by atoms with Crippen molar-refractivity contribution in [2.75, 3.05) is 11.9 Å². The lowest BCUT2D eigenvalue weighted by Gasteiger charge is -2.18. The largest absolute Gasteiger partial charge is 0.361 e. The predicted octanol–water partition coefficient (Wildman–Crippen LogP) is 0.555. The van der Waals surface area contributed by atoms with Crippen LogP contribution in [0.1, 0.15) is 20.3 Å². The van der Waals surface area contributed by atoms with E-state index < -0.39 is 0 Å². The van der Waals surface area contributed by atoms with Crippen molar-refractivity contribution in [1.29, 1.82) is 0 Å². The number of nitrogens with zero attached hydrogens (tertiary/aromatic N) is 1. The molecule has 0 aliphatic rings. The van der Waals surface area contributed by atoms with Crippen LogP contribution < -0.4 is 16.6 Å². The van der Waals surface area contributed by atoms with Crippen LogP contribution in [0.3, 0.4) is 0 Å². The predicted molar refractivity (Wildman–Crippen MR) is 60.8 cm³/mol. The topological polar surface area (TPSA) is 83.8 Å². The zero-order valence-corrected chi connectivity index (χ0v) is 9.16. The third kappa shape index (κ3) is 3.71. The highest BCUT2D eigenvalue weighted by atomic mass is 16.1. The lowest BCUT2D eigenvalue weighted by molar-refractivity contribution is 0.520. The van der Waals surface area contributed by atoms with E-state index >= 15 is 0 Å². The Bertz CT molecular complexity index is 347. The van der Waals surface area contributed by atoms with Gasteiger partial charge in [0.2, 0.25) is 0 Å². The first-order valence-corrected chi connectivity index (χ1v) is 5.13. The van der Waals surface area contributed by atoms with E-state index in [0.29, 0.717) is 18.3 Å². The molecule has 0 radical (unpaired) electrons. The van der Waals surface area contributed by atoms with Crippen LogP contribution in [0.25, 0.3) is 0 Å². The molecule has 0 bridgehead atoms. The highest BCUT2D eigenvalue weighted by Crippen LogP contribution is 2.06. The van der Waals surface area contributed by atoms with E-state index in [1.165, 1.54) is 6.20 Å². The fraction of sp³-hybridized carbons (Fsp3) is 0.600. The third-order valence-electron chi connectivity index (χ3n) is 2.09. The number of nitrogens with two attached hydrogens (primary N) is 1. The quantitative estimate of drug-likeness (QED) is 0.663. The Morgan fingerprint density at radius 3 is 2.87 bits per heavy atom. The monoisotopic (exact) mass is 210 g/mol. The van der Waals surface area contributed by atoms with Gasteiger partial charge in [-0.1, -0.05) is 13.8 Å². The first kappa shape index (κ1) is 11.7. The van der Waals surface area contributed by atoms with E-state index in [2.05, 4.69) is 29.1 Å². The van der Waals surface area contributed by atoms with Gasteiger partial charge in [-0.25, -0.2) is 4.98 Å². The van der Waals surface area contributed by atoms with Crippen LogP contribution in [0.15, 0.2) is 17.2 Å². The highest BCUT2D eigenvalue weighted by molar-refractivity contribution is 5.31. The molecule has 4 N–H and O–H groups in total. The normalized spacial score (nSPS) is 12.8. The van der Waals surface area contributed by atoms with Crippen molar-refractivity contribution in [3.8, 4) is 0 Å². The van der Waals surface area contributed by atoms with E-state index in [4.69, 9.17) is 5.73 Å². The van der Waals surface area contributed by atoms with Gasteiger partial charge in [0.1, 0.15) is 0 Å².